The maximum Gasteiger partial charge on any atom is 0.0902 e. The summed E-state index contributed by atoms with van der Waals surface area (Å²) < 4.78 is 4.58. The van der Waals surface area contributed by atoms with Crippen LogP contribution in [-0.4, -0.2) is 4.98 Å². The van der Waals surface area contributed by atoms with Crippen molar-refractivity contribution in [2.24, 2.45) is 0 Å². The summed E-state index contributed by atoms with van der Waals surface area (Å²) in [5.74, 6) is 0. The molecule has 0 aliphatic heterocycles. The maximum absolute atomic E-state index is 4.58. The normalized spacial score (nSPS) is 8.00. The first-order chi connectivity index (χ1) is 5.00. The van der Waals surface area contributed by atoms with E-state index < -0.39 is 0 Å². The number of hydrogen-bond acceptors (Lipinski definition) is 1. The van der Waals surface area contributed by atoms with Crippen molar-refractivity contribution in [1.82, 2.24) is 4.98 Å². The minimum absolute atomic E-state index is 1.62. The minimum Gasteiger partial charge on any atom is -0.473 e. The lowest BCUT2D eigenvalue weighted by molar-refractivity contribution is 0.567. The van der Waals surface area contributed by atoms with E-state index in [0.29, 0.717) is 0 Å². The molecule has 0 fully saturated rings. The zero-order valence-electron chi connectivity index (χ0n) is 5.53. The van der Waals surface area contributed by atoms with Gasteiger partial charge in [0.2, 0.25) is 0 Å². The number of H-pyrrole nitrogens is 1. The van der Waals surface area contributed by atoms with Crippen LogP contribution < -0.4 is 0 Å². The molecule has 2 nitrogen and oxygen atoms in total. The third-order valence-corrected chi connectivity index (χ3v) is 0.921. The fraction of sp³-hybridized carbons (Fsp3) is 0. The van der Waals surface area contributed by atoms with Crippen molar-refractivity contribution in [2.45, 2.75) is 0 Å². The Labute approximate surface area is 59.5 Å². The van der Waals surface area contributed by atoms with Crippen LogP contribution >= 0.6 is 0 Å². The number of aromatic amines is 1. The Morgan fingerprint density at radius 2 is 1.40 bits per heavy atom. The van der Waals surface area contributed by atoms with Gasteiger partial charge < -0.3 is 9.40 Å². The highest BCUT2D eigenvalue weighted by Crippen LogP contribution is 1.79. The topological polar surface area (TPSA) is 28.9 Å². The lowest BCUT2D eigenvalue weighted by atomic mass is 10.7. The van der Waals surface area contributed by atoms with Crippen molar-refractivity contribution in [1.29, 1.82) is 0 Å². The first kappa shape index (κ1) is 6.68. The van der Waals surface area contributed by atoms with Gasteiger partial charge in [0.1, 0.15) is 0 Å². The molecule has 0 atom stereocenters. The molecule has 52 valence electrons. The van der Waals surface area contributed by atoms with Crippen molar-refractivity contribution in [2.75, 3.05) is 0 Å². The standard InChI is InChI=1S/C4H5N.C4H4O/c2*1-2-4-5-3-1/h1-5H;1-4H. The third kappa shape index (κ3) is 2.77. The van der Waals surface area contributed by atoms with Crippen LogP contribution in [0.4, 0.5) is 0 Å². The van der Waals surface area contributed by atoms with E-state index >= 15 is 0 Å². The molecule has 0 unspecified atom stereocenters. The van der Waals surface area contributed by atoms with Crippen LogP contribution in [0, 0.1) is 0 Å². The lowest BCUT2D eigenvalue weighted by Gasteiger charge is -1.50. The number of hydrogen-bond donors (Lipinski definition) is 1. The van der Waals surface area contributed by atoms with E-state index in [0.717, 1.165) is 0 Å². The van der Waals surface area contributed by atoms with Gasteiger partial charge in [-0.05, 0) is 24.3 Å². The van der Waals surface area contributed by atoms with Crippen molar-refractivity contribution >= 4 is 0 Å². The number of nitrogens with one attached hydrogen (secondary N) is 1. The molecule has 2 aromatic heterocycles. The Morgan fingerprint density at radius 1 is 0.800 bits per heavy atom. The second kappa shape index (κ2) is 4.44. The second-order valence-corrected chi connectivity index (χ2v) is 1.68. The molecule has 0 spiro atoms. The van der Waals surface area contributed by atoms with Crippen molar-refractivity contribution in [3.63, 3.8) is 0 Å². The summed E-state index contributed by atoms with van der Waals surface area (Å²) in [7, 11) is 0. The van der Waals surface area contributed by atoms with Crippen molar-refractivity contribution in [3.8, 4) is 0 Å². The molecule has 0 bridgehead atoms. The quantitative estimate of drug-likeness (QED) is 0.590. The van der Waals surface area contributed by atoms with Gasteiger partial charge in [0, 0.05) is 12.4 Å². The molecular weight excluding hydrogens is 126 g/mol. The summed E-state index contributed by atoms with van der Waals surface area (Å²) in [6, 6.07) is 7.56. The van der Waals surface area contributed by atoms with Crippen LogP contribution in [0.3, 0.4) is 0 Å². The fourth-order valence-electron chi connectivity index (χ4n) is 0.505. The van der Waals surface area contributed by atoms with Gasteiger partial charge in [-0.25, -0.2) is 0 Å². The lowest BCUT2D eigenvalue weighted by Crippen LogP contribution is -1.38. The van der Waals surface area contributed by atoms with Crippen molar-refractivity contribution < 1.29 is 4.42 Å². The Hall–Kier alpha value is -1.44. The molecule has 0 aromatic carbocycles. The van der Waals surface area contributed by atoms with Gasteiger partial charge in [-0.3, -0.25) is 0 Å². The number of furan rings is 1. The van der Waals surface area contributed by atoms with E-state index in [-0.39, 0.29) is 0 Å². The summed E-state index contributed by atoms with van der Waals surface area (Å²) in [6.45, 7) is 0. The first-order valence-electron chi connectivity index (χ1n) is 3.05. The molecule has 1 N–H and O–H groups in total. The van der Waals surface area contributed by atoms with Gasteiger partial charge in [0.15, 0.2) is 0 Å². The molecule has 0 aliphatic rings. The summed E-state index contributed by atoms with van der Waals surface area (Å²) in [6.07, 6.45) is 7.00. The molecule has 0 amide bonds. The Kier molecular flexibility index (Phi) is 2.96. The predicted molar refractivity (Wildman–Crippen MR) is 39.5 cm³/mol. The van der Waals surface area contributed by atoms with Gasteiger partial charge in [0.05, 0.1) is 12.5 Å². The molecule has 2 aromatic rings. The minimum atomic E-state index is 1.62. The zero-order valence-corrected chi connectivity index (χ0v) is 5.53. The Balaban J connectivity index is 0.0000001000. The van der Waals surface area contributed by atoms with Crippen LogP contribution in [0.1, 0.15) is 0 Å². The average Bonchev–Trinajstić information content (AvgIpc) is 2.67. The van der Waals surface area contributed by atoms with Gasteiger partial charge in [-0.15, -0.1) is 0 Å². The second-order valence-electron chi connectivity index (χ2n) is 1.68. The van der Waals surface area contributed by atoms with Crippen molar-refractivity contribution in [3.05, 3.63) is 49.2 Å². The first-order valence-corrected chi connectivity index (χ1v) is 3.05. The molecule has 0 radical (unpaired) electrons. The Bertz CT molecular complexity index is 148. The SMILES string of the molecule is c1cc[nH]c1.c1ccoc1. The van der Waals surface area contributed by atoms with Gasteiger partial charge >= 0.3 is 0 Å². The van der Waals surface area contributed by atoms with Crippen LogP contribution in [0.25, 0.3) is 0 Å². The molecule has 0 saturated carbocycles. The number of aromatic nitrogens is 1. The highest BCUT2D eigenvalue weighted by Gasteiger charge is 1.59. The van der Waals surface area contributed by atoms with E-state index in [2.05, 4.69) is 9.40 Å². The summed E-state index contributed by atoms with van der Waals surface area (Å²) in [5.41, 5.74) is 0. The van der Waals surface area contributed by atoms with Crippen LogP contribution in [0.15, 0.2) is 53.6 Å². The highest BCUT2D eigenvalue weighted by molar-refractivity contribution is 4.84. The van der Waals surface area contributed by atoms with Crippen LogP contribution in [-0.2, 0) is 0 Å². The average molecular weight is 135 g/mol. The van der Waals surface area contributed by atoms with E-state index in [1.807, 2.05) is 36.7 Å². The summed E-state index contributed by atoms with van der Waals surface area (Å²) in [4.78, 5) is 2.86. The molecule has 2 heteroatoms. The molecule has 2 heterocycles. The van der Waals surface area contributed by atoms with Gasteiger partial charge in [-0.1, -0.05) is 0 Å². The Morgan fingerprint density at radius 3 is 1.60 bits per heavy atom. The summed E-state index contributed by atoms with van der Waals surface area (Å²) in [5, 5.41) is 0. The molecule has 0 saturated heterocycles. The van der Waals surface area contributed by atoms with E-state index in [1.165, 1.54) is 0 Å². The largest absolute Gasteiger partial charge is 0.473 e. The zero-order chi connectivity index (χ0) is 7.07. The van der Waals surface area contributed by atoms with Crippen LogP contribution in [0.5, 0.6) is 0 Å². The smallest absolute Gasteiger partial charge is 0.0902 e. The fourth-order valence-corrected chi connectivity index (χ4v) is 0.505. The molecule has 2 rings (SSSR count). The molecule has 10 heavy (non-hydrogen) atoms. The highest BCUT2D eigenvalue weighted by atomic mass is 16.3. The molecular formula is C8H9NO. The molecule has 0 aliphatic carbocycles. The van der Waals surface area contributed by atoms with Crippen LogP contribution in [0.2, 0.25) is 0 Å². The number of rotatable bonds is 0. The van der Waals surface area contributed by atoms with E-state index in [9.17, 15) is 0 Å². The van der Waals surface area contributed by atoms with E-state index in [1.54, 1.807) is 12.5 Å². The predicted octanol–water partition coefficient (Wildman–Crippen LogP) is 2.29. The van der Waals surface area contributed by atoms with Gasteiger partial charge in [-0.2, -0.15) is 0 Å². The summed E-state index contributed by atoms with van der Waals surface area (Å²) >= 11 is 0. The maximum atomic E-state index is 4.58. The third-order valence-electron chi connectivity index (χ3n) is 0.921. The monoisotopic (exact) mass is 135 g/mol. The van der Waals surface area contributed by atoms with Gasteiger partial charge in [0.25, 0.3) is 0 Å². The van der Waals surface area contributed by atoms with E-state index in [4.69, 9.17) is 0 Å².